The Kier molecular flexibility index (Phi) is 8.76. The van der Waals surface area contributed by atoms with Gasteiger partial charge in [-0.3, -0.25) is 4.79 Å². The summed E-state index contributed by atoms with van der Waals surface area (Å²) in [6.07, 6.45) is 1.46. The van der Waals surface area contributed by atoms with Crippen LogP contribution in [0.25, 0.3) is 22.0 Å². The van der Waals surface area contributed by atoms with Gasteiger partial charge in [-0.15, -0.1) is 0 Å². The second-order valence-electron chi connectivity index (χ2n) is 9.00. The van der Waals surface area contributed by atoms with Gasteiger partial charge in [0.2, 0.25) is 0 Å². The van der Waals surface area contributed by atoms with Crippen molar-refractivity contribution in [2.24, 2.45) is 5.10 Å². The summed E-state index contributed by atoms with van der Waals surface area (Å²) in [5.41, 5.74) is 5.90. The summed E-state index contributed by atoms with van der Waals surface area (Å²) < 4.78 is 16.6. The molecule has 2 N–H and O–H groups in total. The van der Waals surface area contributed by atoms with Gasteiger partial charge in [-0.2, -0.15) is 5.10 Å². The quantitative estimate of drug-likeness (QED) is 0.0786. The third-order valence-corrected chi connectivity index (χ3v) is 6.89. The monoisotopic (exact) mass is 601 g/mol. The number of halogens is 2. The van der Waals surface area contributed by atoms with Crippen molar-refractivity contribution in [2.45, 2.75) is 6.92 Å². The van der Waals surface area contributed by atoms with Crippen molar-refractivity contribution in [3.63, 3.8) is 0 Å². The molecule has 0 aliphatic heterocycles. The molecule has 0 aliphatic carbocycles. The molecule has 0 saturated carbocycles. The number of benzene rings is 4. The Hall–Kier alpha value is -4.79. The van der Waals surface area contributed by atoms with Gasteiger partial charge in [0.25, 0.3) is 5.91 Å². The van der Waals surface area contributed by atoms with E-state index in [0.29, 0.717) is 56.1 Å². The molecule has 0 atom stereocenters. The van der Waals surface area contributed by atoms with E-state index in [2.05, 4.69) is 15.5 Å². The number of amides is 1. The molecule has 0 spiro atoms. The molecule has 1 amide bonds. The maximum atomic E-state index is 13.3. The molecule has 42 heavy (non-hydrogen) atoms. The molecule has 4 aromatic carbocycles. The van der Waals surface area contributed by atoms with Crippen LogP contribution in [0.3, 0.4) is 0 Å². The number of hydrogen-bond acceptors (Lipinski definition) is 6. The van der Waals surface area contributed by atoms with Gasteiger partial charge in [0, 0.05) is 32.1 Å². The van der Waals surface area contributed by atoms with Crippen molar-refractivity contribution >= 4 is 52.2 Å². The van der Waals surface area contributed by atoms with Crippen LogP contribution < -0.4 is 19.6 Å². The SMILES string of the molecule is CCOc1cc(C=NNC(=O)c2[nH]c3ccc(OC)cc3c2-c2ccccc2Cl)ccc1OC(=O)c1ccc(Cl)cc1. The highest BCUT2D eigenvalue weighted by atomic mass is 35.5. The first-order valence-electron chi connectivity index (χ1n) is 12.9. The van der Waals surface area contributed by atoms with Gasteiger partial charge in [0.1, 0.15) is 11.4 Å². The first-order chi connectivity index (χ1) is 20.4. The maximum Gasteiger partial charge on any atom is 0.343 e. The number of fused-ring (bicyclic) bond motifs is 1. The Morgan fingerprint density at radius 1 is 0.952 bits per heavy atom. The van der Waals surface area contributed by atoms with Crippen molar-refractivity contribution in [2.75, 3.05) is 13.7 Å². The molecule has 0 fully saturated rings. The predicted molar refractivity (Wildman–Crippen MR) is 164 cm³/mol. The highest BCUT2D eigenvalue weighted by molar-refractivity contribution is 6.34. The Morgan fingerprint density at radius 2 is 1.74 bits per heavy atom. The standard InChI is InChI=1S/C32H25Cl2N3O5/c1-3-41-28-16-19(8-15-27(28)42-32(39)20-9-11-21(33)12-10-20)18-35-37-31(38)30-29(23-6-4-5-7-25(23)34)24-17-22(40-2)13-14-26(24)36-30/h4-18,36H,3H2,1-2H3,(H,37,38). The normalized spacial score (nSPS) is 11.0. The Balaban J connectivity index is 1.38. The number of hydrogen-bond donors (Lipinski definition) is 2. The first-order valence-corrected chi connectivity index (χ1v) is 13.7. The smallest absolute Gasteiger partial charge is 0.343 e. The summed E-state index contributed by atoms with van der Waals surface area (Å²) in [4.78, 5) is 29.1. The number of nitrogens with zero attached hydrogens (tertiary/aromatic N) is 1. The fraction of sp³-hybridized carbons (Fsp3) is 0.0938. The van der Waals surface area contributed by atoms with E-state index >= 15 is 0 Å². The molecule has 5 rings (SSSR count). The van der Waals surface area contributed by atoms with Crippen LogP contribution in [-0.2, 0) is 0 Å². The summed E-state index contributed by atoms with van der Waals surface area (Å²) in [5, 5.41) is 5.94. The zero-order valence-electron chi connectivity index (χ0n) is 22.6. The predicted octanol–water partition coefficient (Wildman–Crippen LogP) is 7.53. The molecular formula is C32H25Cl2N3O5. The van der Waals surface area contributed by atoms with Gasteiger partial charge >= 0.3 is 5.97 Å². The van der Waals surface area contributed by atoms with Crippen LogP contribution in [0.5, 0.6) is 17.2 Å². The number of aromatic nitrogens is 1. The van der Waals surface area contributed by atoms with Gasteiger partial charge < -0.3 is 19.2 Å². The fourth-order valence-corrected chi connectivity index (χ4v) is 4.69. The largest absolute Gasteiger partial charge is 0.497 e. The minimum absolute atomic E-state index is 0.246. The summed E-state index contributed by atoms with van der Waals surface area (Å²) in [7, 11) is 1.58. The number of carbonyl (C=O) groups is 2. The van der Waals surface area contributed by atoms with Crippen molar-refractivity contribution in [3.8, 4) is 28.4 Å². The Bertz CT molecular complexity index is 1800. The molecule has 1 heterocycles. The van der Waals surface area contributed by atoms with Crippen LogP contribution in [0.15, 0.2) is 90.0 Å². The van der Waals surface area contributed by atoms with Crippen LogP contribution in [-0.4, -0.2) is 36.8 Å². The number of rotatable bonds is 9. The molecular weight excluding hydrogens is 577 g/mol. The average molecular weight is 602 g/mol. The third-order valence-electron chi connectivity index (χ3n) is 6.31. The number of carbonyl (C=O) groups excluding carboxylic acids is 2. The van der Waals surface area contributed by atoms with E-state index in [-0.39, 0.29) is 5.75 Å². The van der Waals surface area contributed by atoms with E-state index < -0.39 is 11.9 Å². The zero-order chi connectivity index (χ0) is 29.6. The van der Waals surface area contributed by atoms with Crippen molar-refractivity contribution in [1.29, 1.82) is 0 Å². The molecule has 0 saturated heterocycles. The van der Waals surface area contributed by atoms with Crippen molar-refractivity contribution in [3.05, 3.63) is 112 Å². The third kappa shape index (κ3) is 6.25. The lowest BCUT2D eigenvalue weighted by atomic mass is 10.0. The van der Waals surface area contributed by atoms with Crippen LogP contribution >= 0.6 is 23.2 Å². The molecule has 0 bridgehead atoms. The van der Waals surface area contributed by atoms with Crippen LogP contribution in [0.2, 0.25) is 10.0 Å². The molecule has 0 aliphatic rings. The number of H-pyrrole nitrogens is 1. The van der Waals surface area contributed by atoms with Gasteiger partial charge in [-0.05, 0) is 79.2 Å². The lowest BCUT2D eigenvalue weighted by Gasteiger charge is -2.11. The van der Waals surface area contributed by atoms with Crippen LogP contribution in [0.1, 0.15) is 33.3 Å². The molecule has 8 nitrogen and oxygen atoms in total. The average Bonchev–Trinajstić information content (AvgIpc) is 3.37. The summed E-state index contributed by atoms with van der Waals surface area (Å²) in [5.74, 6) is 0.227. The number of aromatic amines is 1. The van der Waals surface area contributed by atoms with Crippen LogP contribution in [0.4, 0.5) is 0 Å². The van der Waals surface area contributed by atoms with E-state index in [1.165, 1.54) is 6.21 Å². The minimum Gasteiger partial charge on any atom is -0.497 e. The number of hydrazone groups is 1. The second kappa shape index (κ2) is 12.8. The number of esters is 1. The van der Waals surface area contributed by atoms with Crippen LogP contribution in [0, 0.1) is 0 Å². The van der Waals surface area contributed by atoms with E-state index in [1.807, 2.05) is 37.3 Å². The minimum atomic E-state index is -0.549. The molecule has 212 valence electrons. The lowest BCUT2D eigenvalue weighted by molar-refractivity contribution is 0.0728. The number of ether oxygens (including phenoxy) is 3. The second-order valence-corrected chi connectivity index (χ2v) is 9.84. The van der Waals surface area contributed by atoms with Gasteiger partial charge in [-0.25, -0.2) is 10.2 Å². The fourth-order valence-electron chi connectivity index (χ4n) is 4.34. The van der Waals surface area contributed by atoms with Gasteiger partial charge in [-0.1, -0.05) is 41.4 Å². The van der Waals surface area contributed by atoms with E-state index in [1.54, 1.807) is 61.7 Å². The molecule has 0 radical (unpaired) electrons. The van der Waals surface area contributed by atoms with Gasteiger partial charge in [0.15, 0.2) is 11.5 Å². The van der Waals surface area contributed by atoms with Crippen molar-refractivity contribution in [1.82, 2.24) is 10.4 Å². The highest BCUT2D eigenvalue weighted by Gasteiger charge is 2.21. The summed E-state index contributed by atoms with van der Waals surface area (Å²) in [6.45, 7) is 2.16. The number of nitrogens with one attached hydrogen (secondary N) is 2. The molecule has 1 aromatic heterocycles. The molecule has 10 heteroatoms. The maximum absolute atomic E-state index is 13.3. The topological polar surface area (TPSA) is 102 Å². The number of methoxy groups -OCH3 is 1. The Morgan fingerprint density at radius 3 is 2.48 bits per heavy atom. The van der Waals surface area contributed by atoms with E-state index in [4.69, 9.17) is 37.4 Å². The summed E-state index contributed by atoms with van der Waals surface area (Å²) >= 11 is 12.4. The van der Waals surface area contributed by atoms with Crippen molar-refractivity contribution < 1.29 is 23.8 Å². The van der Waals surface area contributed by atoms with Gasteiger partial charge in [0.05, 0.1) is 25.5 Å². The van der Waals surface area contributed by atoms with E-state index in [0.717, 1.165) is 10.9 Å². The molecule has 5 aromatic rings. The zero-order valence-corrected chi connectivity index (χ0v) is 24.1. The summed E-state index contributed by atoms with van der Waals surface area (Å²) in [6, 6.07) is 24.1. The lowest BCUT2D eigenvalue weighted by Crippen LogP contribution is -2.19. The first kappa shape index (κ1) is 28.7. The van der Waals surface area contributed by atoms with E-state index in [9.17, 15) is 9.59 Å². The highest BCUT2D eigenvalue weighted by Crippen LogP contribution is 2.38. The Labute approximate surface area is 251 Å². The molecule has 0 unspecified atom stereocenters.